The smallest absolute Gasteiger partial charge is 0.332 e. The predicted molar refractivity (Wildman–Crippen MR) is 76.7 cm³/mol. The molecule has 2 aromatic heterocycles. The molecule has 0 atom stereocenters. The molecule has 3 N–H and O–H groups in total. The van der Waals surface area contributed by atoms with Gasteiger partial charge in [0.1, 0.15) is 17.3 Å². The quantitative estimate of drug-likeness (QED) is 0.841. The SMILES string of the molecule is CCCn1c(N)c(NCc2ccco2)c(=O)n(C)c1=O. The largest absolute Gasteiger partial charge is 0.467 e. The van der Waals surface area contributed by atoms with Gasteiger partial charge in [0, 0.05) is 13.6 Å². The average Bonchev–Trinajstić information content (AvgIpc) is 2.94. The van der Waals surface area contributed by atoms with E-state index in [-0.39, 0.29) is 11.5 Å². The molecule has 2 heterocycles. The van der Waals surface area contributed by atoms with Crippen molar-refractivity contribution in [1.82, 2.24) is 9.13 Å². The van der Waals surface area contributed by atoms with Crippen LogP contribution in [-0.2, 0) is 20.1 Å². The van der Waals surface area contributed by atoms with E-state index in [1.807, 2.05) is 6.92 Å². The zero-order chi connectivity index (χ0) is 14.7. The normalized spacial score (nSPS) is 10.7. The lowest BCUT2D eigenvalue weighted by molar-refractivity contribution is 0.517. The molecule has 7 heteroatoms. The van der Waals surface area contributed by atoms with Crippen LogP contribution in [0, 0.1) is 0 Å². The van der Waals surface area contributed by atoms with Crippen LogP contribution in [0.1, 0.15) is 19.1 Å². The van der Waals surface area contributed by atoms with E-state index in [1.165, 1.54) is 11.6 Å². The first-order valence-corrected chi connectivity index (χ1v) is 6.41. The topological polar surface area (TPSA) is 95.2 Å². The molecule has 0 saturated carbocycles. The van der Waals surface area contributed by atoms with E-state index in [4.69, 9.17) is 10.2 Å². The molecular weight excluding hydrogens is 260 g/mol. The second kappa shape index (κ2) is 5.68. The highest BCUT2D eigenvalue weighted by atomic mass is 16.3. The molecule has 108 valence electrons. The molecule has 2 rings (SSSR count). The molecule has 0 aliphatic carbocycles. The molecule has 0 unspecified atom stereocenters. The number of nitrogens with two attached hydrogens (primary N) is 1. The van der Waals surface area contributed by atoms with Crippen LogP contribution in [-0.4, -0.2) is 9.13 Å². The zero-order valence-electron chi connectivity index (χ0n) is 11.5. The van der Waals surface area contributed by atoms with Crippen molar-refractivity contribution in [1.29, 1.82) is 0 Å². The molecule has 0 aliphatic heterocycles. The van der Waals surface area contributed by atoms with Gasteiger partial charge < -0.3 is 15.5 Å². The Morgan fingerprint density at radius 3 is 2.75 bits per heavy atom. The van der Waals surface area contributed by atoms with Gasteiger partial charge in [0.05, 0.1) is 12.8 Å². The summed E-state index contributed by atoms with van der Waals surface area (Å²) >= 11 is 0. The number of aromatic nitrogens is 2. The first kappa shape index (κ1) is 14.0. The van der Waals surface area contributed by atoms with E-state index in [0.717, 1.165) is 11.0 Å². The van der Waals surface area contributed by atoms with Gasteiger partial charge in [-0.05, 0) is 18.6 Å². The Bertz CT molecular complexity index is 698. The van der Waals surface area contributed by atoms with Crippen molar-refractivity contribution < 1.29 is 4.42 Å². The van der Waals surface area contributed by atoms with E-state index in [9.17, 15) is 9.59 Å². The standard InChI is InChI=1S/C13H18N4O3/c1-3-6-17-11(14)10(12(18)16(2)13(17)19)15-8-9-5-4-7-20-9/h4-5,7,15H,3,6,8,14H2,1-2H3. The number of nitrogens with zero attached hydrogens (tertiary/aromatic N) is 2. The number of nitrogens with one attached hydrogen (secondary N) is 1. The summed E-state index contributed by atoms with van der Waals surface area (Å²) in [5, 5.41) is 2.94. The van der Waals surface area contributed by atoms with Gasteiger partial charge in [0.15, 0.2) is 0 Å². The molecule has 2 aromatic rings. The molecular formula is C13H18N4O3. The number of rotatable bonds is 5. The van der Waals surface area contributed by atoms with E-state index < -0.39 is 11.2 Å². The number of nitrogen functional groups attached to an aromatic ring is 1. The Labute approximate surface area is 115 Å². The first-order valence-electron chi connectivity index (χ1n) is 6.41. The maximum atomic E-state index is 12.1. The van der Waals surface area contributed by atoms with Gasteiger partial charge in [-0.3, -0.25) is 13.9 Å². The number of hydrogen-bond acceptors (Lipinski definition) is 5. The third-order valence-corrected chi connectivity index (χ3v) is 3.05. The summed E-state index contributed by atoms with van der Waals surface area (Å²) in [7, 11) is 1.44. The molecule has 0 fully saturated rings. The van der Waals surface area contributed by atoms with Crippen molar-refractivity contribution in [3.8, 4) is 0 Å². The van der Waals surface area contributed by atoms with E-state index >= 15 is 0 Å². The molecule has 0 radical (unpaired) electrons. The maximum absolute atomic E-state index is 12.1. The average molecular weight is 278 g/mol. The highest BCUT2D eigenvalue weighted by molar-refractivity contribution is 5.60. The molecule has 7 nitrogen and oxygen atoms in total. The van der Waals surface area contributed by atoms with Gasteiger partial charge in [-0.1, -0.05) is 6.92 Å². The zero-order valence-corrected chi connectivity index (χ0v) is 11.5. The Morgan fingerprint density at radius 1 is 1.40 bits per heavy atom. The van der Waals surface area contributed by atoms with Crippen LogP contribution in [0.3, 0.4) is 0 Å². The van der Waals surface area contributed by atoms with Crippen molar-refractivity contribution in [3.63, 3.8) is 0 Å². The van der Waals surface area contributed by atoms with Crippen LogP contribution >= 0.6 is 0 Å². The minimum absolute atomic E-state index is 0.159. The lowest BCUT2D eigenvalue weighted by atomic mass is 10.3. The highest BCUT2D eigenvalue weighted by Gasteiger charge is 2.14. The summed E-state index contributed by atoms with van der Waals surface area (Å²) in [5.41, 5.74) is 5.31. The molecule has 20 heavy (non-hydrogen) atoms. The predicted octanol–water partition coefficient (Wildman–Crippen LogP) is 0.744. The van der Waals surface area contributed by atoms with Crippen LogP contribution in [0.25, 0.3) is 0 Å². The second-order valence-corrected chi connectivity index (χ2v) is 4.49. The Morgan fingerprint density at radius 2 is 2.15 bits per heavy atom. The minimum Gasteiger partial charge on any atom is -0.467 e. The van der Waals surface area contributed by atoms with Crippen LogP contribution in [0.4, 0.5) is 11.5 Å². The number of anilines is 2. The van der Waals surface area contributed by atoms with Crippen LogP contribution in [0.5, 0.6) is 0 Å². The molecule has 0 amide bonds. The molecule has 0 aromatic carbocycles. The fraction of sp³-hybridized carbons (Fsp3) is 0.385. The van der Waals surface area contributed by atoms with E-state index in [2.05, 4.69) is 5.32 Å². The van der Waals surface area contributed by atoms with Gasteiger partial charge in [0.2, 0.25) is 0 Å². The van der Waals surface area contributed by atoms with Crippen LogP contribution in [0.15, 0.2) is 32.4 Å². The third kappa shape index (κ3) is 2.47. The molecule has 0 bridgehead atoms. The first-order chi connectivity index (χ1) is 9.56. The number of hydrogen-bond donors (Lipinski definition) is 2. The summed E-state index contributed by atoms with van der Waals surface area (Å²) in [6.45, 7) is 2.73. The minimum atomic E-state index is -0.439. The van der Waals surface area contributed by atoms with Crippen molar-refractivity contribution >= 4 is 11.5 Å². The van der Waals surface area contributed by atoms with Crippen molar-refractivity contribution in [3.05, 3.63) is 45.0 Å². The summed E-state index contributed by atoms with van der Waals surface area (Å²) < 4.78 is 7.63. The molecule has 0 saturated heterocycles. The summed E-state index contributed by atoms with van der Waals surface area (Å²) in [5.74, 6) is 0.839. The number of furan rings is 1. The summed E-state index contributed by atoms with van der Waals surface area (Å²) in [6, 6.07) is 3.55. The van der Waals surface area contributed by atoms with Gasteiger partial charge in [0.25, 0.3) is 5.56 Å². The van der Waals surface area contributed by atoms with E-state index in [0.29, 0.717) is 18.8 Å². The summed E-state index contributed by atoms with van der Waals surface area (Å²) in [4.78, 5) is 24.1. The van der Waals surface area contributed by atoms with Gasteiger partial charge in [-0.15, -0.1) is 0 Å². The summed E-state index contributed by atoms with van der Waals surface area (Å²) in [6.07, 6.45) is 2.30. The fourth-order valence-electron chi connectivity index (χ4n) is 1.98. The lowest BCUT2D eigenvalue weighted by Crippen LogP contribution is -2.40. The van der Waals surface area contributed by atoms with Crippen molar-refractivity contribution in [2.75, 3.05) is 11.1 Å². The lowest BCUT2D eigenvalue weighted by Gasteiger charge is -2.15. The van der Waals surface area contributed by atoms with E-state index in [1.54, 1.807) is 18.4 Å². The maximum Gasteiger partial charge on any atom is 0.332 e. The van der Waals surface area contributed by atoms with Crippen LogP contribution in [0.2, 0.25) is 0 Å². The van der Waals surface area contributed by atoms with Gasteiger partial charge in [-0.25, -0.2) is 4.79 Å². The van der Waals surface area contributed by atoms with Crippen molar-refractivity contribution in [2.45, 2.75) is 26.4 Å². The third-order valence-electron chi connectivity index (χ3n) is 3.05. The fourth-order valence-corrected chi connectivity index (χ4v) is 1.98. The van der Waals surface area contributed by atoms with Gasteiger partial charge in [-0.2, -0.15) is 0 Å². The Balaban J connectivity index is 2.41. The van der Waals surface area contributed by atoms with Crippen molar-refractivity contribution in [2.24, 2.45) is 7.05 Å². The molecule has 0 aliphatic rings. The van der Waals surface area contributed by atoms with Crippen LogP contribution < -0.4 is 22.3 Å². The highest BCUT2D eigenvalue weighted by Crippen LogP contribution is 2.13. The Kier molecular flexibility index (Phi) is 3.97. The van der Waals surface area contributed by atoms with Gasteiger partial charge >= 0.3 is 5.69 Å². The Hall–Kier alpha value is -2.44. The monoisotopic (exact) mass is 278 g/mol. The molecule has 0 spiro atoms. The second-order valence-electron chi connectivity index (χ2n) is 4.49.